The minimum atomic E-state index is -3.42. The average Bonchev–Trinajstić information content (AvgIpc) is 3.46. The van der Waals surface area contributed by atoms with E-state index < -0.39 is 9.84 Å². The molecule has 170 valence electrons. The lowest BCUT2D eigenvalue weighted by Crippen LogP contribution is -2.37. The summed E-state index contributed by atoms with van der Waals surface area (Å²) >= 11 is 1.42. The molecule has 3 aromatic rings. The molecule has 1 saturated heterocycles. The Kier molecular flexibility index (Phi) is 7.07. The normalized spacial score (nSPS) is 16.3. The van der Waals surface area contributed by atoms with Crippen molar-refractivity contribution in [3.8, 4) is 5.75 Å². The molecule has 1 fully saturated rings. The zero-order valence-electron chi connectivity index (χ0n) is 17.9. The molecule has 4 rings (SSSR count). The molecule has 0 N–H and O–H groups in total. The van der Waals surface area contributed by atoms with E-state index in [1.165, 1.54) is 11.3 Å². The number of ether oxygens (including phenoxy) is 2. The van der Waals surface area contributed by atoms with E-state index in [1.54, 1.807) is 42.3 Å². The van der Waals surface area contributed by atoms with Gasteiger partial charge in [0.25, 0.3) is 0 Å². The lowest BCUT2D eigenvalue weighted by Gasteiger charge is -2.23. The van der Waals surface area contributed by atoms with Crippen LogP contribution in [0.5, 0.6) is 5.75 Å². The van der Waals surface area contributed by atoms with Gasteiger partial charge in [-0.1, -0.05) is 29.5 Å². The van der Waals surface area contributed by atoms with Crippen LogP contribution >= 0.6 is 11.3 Å². The van der Waals surface area contributed by atoms with Crippen molar-refractivity contribution in [1.82, 2.24) is 4.98 Å². The number of methoxy groups -OCH3 is 1. The quantitative estimate of drug-likeness (QED) is 0.465. The van der Waals surface area contributed by atoms with Crippen molar-refractivity contribution in [1.29, 1.82) is 0 Å². The zero-order chi connectivity index (χ0) is 22.6. The second kappa shape index (κ2) is 9.97. The van der Waals surface area contributed by atoms with Gasteiger partial charge in [0.15, 0.2) is 15.0 Å². The predicted molar refractivity (Wildman–Crippen MR) is 125 cm³/mol. The van der Waals surface area contributed by atoms with E-state index in [9.17, 15) is 13.2 Å². The number of fused-ring (bicyclic) bond motifs is 1. The van der Waals surface area contributed by atoms with Crippen molar-refractivity contribution in [2.24, 2.45) is 0 Å². The number of nitrogens with zero attached hydrogens (tertiary/aromatic N) is 2. The van der Waals surface area contributed by atoms with Gasteiger partial charge in [-0.3, -0.25) is 9.69 Å². The van der Waals surface area contributed by atoms with Crippen LogP contribution in [0.1, 0.15) is 25.7 Å². The van der Waals surface area contributed by atoms with E-state index >= 15 is 0 Å². The highest BCUT2D eigenvalue weighted by Gasteiger charge is 2.26. The molecule has 0 spiro atoms. The Morgan fingerprint density at radius 2 is 2.06 bits per heavy atom. The Balaban J connectivity index is 1.49. The van der Waals surface area contributed by atoms with Crippen LogP contribution in [0.15, 0.2) is 53.4 Å². The Morgan fingerprint density at radius 3 is 2.78 bits per heavy atom. The lowest BCUT2D eigenvalue weighted by molar-refractivity contribution is -0.119. The van der Waals surface area contributed by atoms with Crippen molar-refractivity contribution in [2.75, 3.05) is 30.9 Å². The van der Waals surface area contributed by atoms with Gasteiger partial charge in [0.2, 0.25) is 5.91 Å². The fourth-order valence-electron chi connectivity index (χ4n) is 3.71. The van der Waals surface area contributed by atoms with Crippen LogP contribution in [0, 0.1) is 0 Å². The van der Waals surface area contributed by atoms with Crippen LogP contribution in [-0.4, -0.2) is 51.4 Å². The summed E-state index contributed by atoms with van der Waals surface area (Å²) in [6, 6.07) is 13.9. The highest BCUT2D eigenvalue weighted by atomic mass is 32.2. The molecule has 1 aliphatic heterocycles. The van der Waals surface area contributed by atoms with E-state index in [-0.39, 0.29) is 35.5 Å². The highest BCUT2D eigenvalue weighted by molar-refractivity contribution is 7.91. The van der Waals surface area contributed by atoms with Crippen molar-refractivity contribution < 1.29 is 22.7 Å². The topological polar surface area (TPSA) is 85.8 Å². The summed E-state index contributed by atoms with van der Waals surface area (Å²) in [7, 11) is -1.81. The Hall–Kier alpha value is -2.49. The number of aromatic nitrogens is 1. The van der Waals surface area contributed by atoms with Crippen LogP contribution in [0.3, 0.4) is 0 Å². The first-order valence-electron chi connectivity index (χ1n) is 10.6. The lowest BCUT2D eigenvalue weighted by atomic mass is 10.2. The number of thiazole rings is 1. The van der Waals surface area contributed by atoms with Gasteiger partial charge in [-0.05, 0) is 49.6 Å². The first kappa shape index (κ1) is 22.7. The smallest absolute Gasteiger partial charge is 0.228 e. The molecule has 0 aliphatic carbocycles. The van der Waals surface area contributed by atoms with Crippen molar-refractivity contribution in [2.45, 2.75) is 36.7 Å². The highest BCUT2D eigenvalue weighted by Crippen LogP contribution is 2.32. The van der Waals surface area contributed by atoms with Crippen LogP contribution in [0.4, 0.5) is 5.13 Å². The van der Waals surface area contributed by atoms with E-state index in [0.29, 0.717) is 18.3 Å². The summed E-state index contributed by atoms with van der Waals surface area (Å²) in [5.74, 6) is 0.513. The van der Waals surface area contributed by atoms with E-state index in [2.05, 4.69) is 4.98 Å². The standard InChI is InChI=1S/C23H26N2O5S2/c1-29-17-11-12-20-21(15-17)31-23(24-20)25(16-18-7-5-13-30-18)22(26)10-6-14-32(27,28)19-8-3-2-4-9-19/h2-4,8-9,11-12,15,18H,5-7,10,13-14,16H2,1H3. The third-order valence-corrected chi connectivity index (χ3v) is 8.29. The minimum absolute atomic E-state index is 0.0338. The maximum atomic E-state index is 13.2. The summed E-state index contributed by atoms with van der Waals surface area (Å²) in [4.78, 5) is 19.8. The third kappa shape index (κ3) is 5.28. The van der Waals surface area contributed by atoms with Crippen molar-refractivity contribution in [3.05, 3.63) is 48.5 Å². The van der Waals surface area contributed by atoms with Gasteiger partial charge >= 0.3 is 0 Å². The largest absolute Gasteiger partial charge is 0.497 e. The molecule has 9 heteroatoms. The number of carbonyl (C=O) groups excluding carboxylic acids is 1. The number of hydrogen-bond acceptors (Lipinski definition) is 7. The molecule has 0 radical (unpaired) electrons. The third-order valence-electron chi connectivity index (χ3n) is 5.43. The number of carbonyl (C=O) groups is 1. The minimum Gasteiger partial charge on any atom is -0.497 e. The molecular formula is C23H26N2O5S2. The summed E-state index contributed by atoms with van der Waals surface area (Å²) in [6.07, 6.45) is 2.20. The Morgan fingerprint density at radius 1 is 1.25 bits per heavy atom. The summed E-state index contributed by atoms with van der Waals surface area (Å²) in [5, 5.41) is 0.597. The molecule has 2 heterocycles. The molecule has 0 bridgehead atoms. The predicted octanol–water partition coefficient (Wildman–Crippen LogP) is 4.07. The van der Waals surface area contributed by atoms with Crippen molar-refractivity contribution >= 4 is 42.4 Å². The average molecular weight is 475 g/mol. The van der Waals surface area contributed by atoms with Gasteiger partial charge in [0.1, 0.15) is 5.75 Å². The van der Waals surface area contributed by atoms with Crippen molar-refractivity contribution in [3.63, 3.8) is 0 Å². The van der Waals surface area contributed by atoms with Gasteiger partial charge in [-0.2, -0.15) is 0 Å². The second-order valence-electron chi connectivity index (χ2n) is 7.70. The molecule has 1 atom stereocenters. The summed E-state index contributed by atoms with van der Waals surface area (Å²) in [5.41, 5.74) is 0.794. The first-order chi connectivity index (χ1) is 15.5. The molecule has 32 heavy (non-hydrogen) atoms. The second-order valence-corrected chi connectivity index (χ2v) is 10.8. The van der Waals surface area contributed by atoms with Gasteiger partial charge in [0.05, 0.1) is 40.6 Å². The Labute approximate surface area is 191 Å². The van der Waals surface area contributed by atoms with E-state index in [0.717, 1.165) is 28.8 Å². The number of rotatable bonds is 9. The summed E-state index contributed by atoms with van der Waals surface area (Å²) < 4.78 is 37.1. The molecule has 0 saturated carbocycles. The fourth-order valence-corrected chi connectivity index (χ4v) is 6.06. The number of sulfone groups is 1. The van der Waals surface area contributed by atoms with Gasteiger partial charge < -0.3 is 9.47 Å². The maximum Gasteiger partial charge on any atom is 0.228 e. The number of anilines is 1. The van der Waals surface area contributed by atoms with Crippen LogP contribution < -0.4 is 9.64 Å². The van der Waals surface area contributed by atoms with E-state index in [4.69, 9.17) is 9.47 Å². The van der Waals surface area contributed by atoms with Crippen LogP contribution in [0.25, 0.3) is 10.2 Å². The zero-order valence-corrected chi connectivity index (χ0v) is 19.5. The maximum absolute atomic E-state index is 13.2. The van der Waals surface area contributed by atoms with Gasteiger partial charge in [-0.25, -0.2) is 13.4 Å². The molecular weight excluding hydrogens is 448 g/mol. The van der Waals surface area contributed by atoms with E-state index in [1.807, 2.05) is 18.2 Å². The molecule has 7 nitrogen and oxygen atoms in total. The SMILES string of the molecule is COc1ccc2nc(N(CC3CCCO3)C(=O)CCCS(=O)(=O)c3ccccc3)sc2c1. The van der Waals surface area contributed by atoms with Crippen LogP contribution in [-0.2, 0) is 19.4 Å². The summed E-state index contributed by atoms with van der Waals surface area (Å²) in [6.45, 7) is 1.11. The number of benzene rings is 2. The van der Waals surface area contributed by atoms with Crippen LogP contribution in [0.2, 0.25) is 0 Å². The first-order valence-corrected chi connectivity index (χ1v) is 13.1. The fraction of sp³-hybridized carbons (Fsp3) is 0.391. The number of amides is 1. The number of hydrogen-bond donors (Lipinski definition) is 0. The van der Waals surface area contributed by atoms with Gasteiger partial charge in [-0.15, -0.1) is 0 Å². The molecule has 2 aromatic carbocycles. The van der Waals surface area contributed by atoms with Gasteiger partial charge in [0, 0.05) is 13.0 Å². The monoisotopic (exact) mass is 474 g/mol. The molecule has 1 amide bonds. The molecule has 1 aliphatic rings. The Bertz CT molecular complexity index is 1170. The molecule has 1 aromatic heterocycles. The molecule has 1 unspecified atom stereocenters.